The minimum absolute atomic E-state index is 0.258. The molecule has 1 aromatic heterocycles. The van der Waals surface area contributed by atoms with Crippen molar-refractivity contribution >= 4 is 22.5 Å². The lowest BCUT2D eigenvalue weighted by Gasteiger charge is -2.10. The van der Waals surface area contributed by atoms with E-state index in [4.69, 9.17) is 16.7 Å². The van der Waals surface area contributed by atoms with Gasteiger partial charge in [0.25, 0.3) is 0 Å². The summed E-state index contributed by atoms with van der Waals surface area (Å²) in [6, 6.07) is 5.90. The zero-order chi connectivity index (χ0) is 13.0. The van der Waals surface area contributed by atoms with E-state index in [0.717, 1.165) is 30.0 Å². The van der Waals surface area contributed by atoms with Crippen LogP contribution in [0.1, 0.15) is 18.9 Å². The molecular formula is C14H19ClN2O. The summed E-state index contributed by atoms with van der Waals surface area (Å²) in [6.07, 6.45) is 2.86. The Bertz CT molecular complexity index is 509. The highest BCUT2D eigenvalue weighted by atomic mass is 35.5. The lowest BCUT2D eigenvalue weighted by atomic mass is 10.1. The van der Waals surface area contributed by atoms with E-state index in [1.54, 1.807) is 0 Å². The second kappa shape index (κ2) is 6.23. The molecule has 0 fully saturated rings. The summed E-state index contributed by atoms with van der Waals surface area (Å²) in [5.41, 5.74) is 2.32. The van der Waals surface area contributed by atoms with Crippen molar-refractivity contribution in [3.05, 3.63) is 35.0 Å². The van der Waals surface area contributed by atoms with Gasteiger partial charge in [-0.25, -0.2) is 0 Å². The maximum absolute atomic E-state index is 8.84. The van der Waals surface area contributed by atoms with Crippen LogP contribution in [0.3, 0.4) is 0 Å². The monoisotopic (exact) mass is 266 g/mol. The largest absolute Gasteiger partial charge is 0.396 e. The van der Waals surface area contributed by atoms with Crippen LogP contribution in [-0.2, 0) is 6.54 Å². The number of nitrogens with one attached hydrogen (secondary N) is 2. The van der Waals surface area contributed by atoms with Crippen molar-refractivity contribution in [1.82, 2.24) is 10.3 Å². The standard InChI is InChI=1S/C14H19ClN2O/c1-10(4-5-18)7-16-8-11-9-17-14-6-12(15)2-3-13(11)14/h2-3,6,9-10,16-18H,4-5,7-8H2,1H3. The molecule has 4 heteroatoms. The van der Waals surface area contributed by atoms with Gasteiger partial charge in [0.1, 0.15) is 0 Å². The number of hydrogen-bond acceptors (Lipinski definition) is 2. The predicted molar refractivity (Wildman–Crippen MR) is 75.9 cm³/mol. The van der Waals surface area contributed by atoms with Crippen LogP contribution in [0, 0.1) is 5.92 Å². The molecule has 0 aliphatic rings. The Hall–Kier alpha value is -1.03. The molecule has 1 unspecified atom stereocenters. The smallest absolute Gasteiger partial charge is 0.0472 e. The van der Waals surface area contributed by atoms with Crippen molar-refractivity contribution in [3.63, 3.8) is 0 Å². The molecule has 0 spiro atoms. The molecule has 2 aromatic rings. The first-order valence-electron chi connectivity index (χ1n) is 6.28. The molecule has 0 radical (unpaired) electrons. The van der Waals surface area contributed by atoms with E-state index >= 15 is 0 Å². The first-order chi connectivity index (χ1) is 8.70. The average Bonchev–Trinajstić information content (AvgIpc) is 2.72. The molecule has 98 valence electrons. The highest BCUT2D eigenvalue weighted by Crippen LogP contribution is 2.21. The summed E-state index contributed by atoms with van der Waals surface area (Å²) >= 11 is 5.95. The number of aromatic nitrogens is 1. The molecule has 18 heavy (non-hydrogen) atoms. The molecule has 0 amide bonds. The fourth-order valence-electron chi connectivity index (χ4n) is 2.08. The van der Waals surface area contributed by atoms with Crippen molar-refractivity contribution in [1.29, 1.82) is 0 Å². The zero-order valence-corrected chi connectivity index (χ0v) is 11.3. The quantitative estimate of drug-likeness (QED) is 0.753. The van der Waals surface area contributed by atoms with Crippen molar-refractivity contribution in [3.8, 4) is 0 Å². The van der Waals surface area contributed by atoms with Gasteiger partial charge in [-0.05, 0) is 36.6 Å². The normalized spacial score (nSPS) is 13.1. The summed E-state index contributed by atoms with van der Waals surface area (Å²) in [7, 11) is 0. The second-order valence-corrected chi connectivity index (χ2v) is 5.19. The number of aliphatic hydroxyl groups is 1. The Morgan fingerprint density at radius 1 is 1.44 bits per heavy atom. The van der Waals surface area contributed by atoms with Crippen LogP contribution in [0.2, 0.25) is 5.02 Å². The van der Waals surface area contributed by atoms with Crippen molar-refractivity contribution in [2.45, 2.75) is 19.9 Å². The molecule has 1 aromatic carbocycles. The number of halogens is 1. The topological polar surface area (TPSA) is 48.0 Å². The lowest BCUT2D eigenvalue weighted by molar-refractivity contribution is 0.260. The molecule has 3 nitrogen and oxygen atoms in total. The van der Waals surface area contributed by atoms with Crippen molar-refractivity contribution in [2.24, 2.45) is 5.92 Å². The van der Waals surface area contributed by atoms with Crippen LogP contribution in [0.25, 0.3) is 10.9 Å². The van der Waals surface area contributed by atoms with Gasteiger partial charge in [-0.15, -0.1) is 0 Å². The molecule has 0 bridgehead atoms. The Kier molecular flexibility index (Phi) is 4.64. The van der Waals surface area contributed by atoms with Gasteiger partial charge < -0.3 is 15.4 Å². The summed E-state index contributed by atoms with van der Waals surface area (Å²) in [6.45, 7) is 4.14. The van der Waals surface area contributed by atoms with Gasteiger partial charge in [0.2, 0.25) is 0 Å². The molecule has 0 saturated carbocycles. The van der Waals surface area contributed by atoms with E-state index < -0.39 is 0 Å². The average molecular weight is 267 g/mol. The Morgan fingerprint density at radius 2 is 2.28 bits per heavy atom. The molecule has 1 atom stereocenters. The summed E-state index contributed by atoms with van der Waals surface area (Å²) < 4.78 is 0. The fourth-order valence-corrected chi connectivity index (χ4v) is 2.25. The number of hydrogen-bond donors (Lipinski definition) is 3. The van der Waals surface area contributed by atoms with E-state index in [-0.39, 0.29) is 6.61 Å². The van der Waals surface area contributed by atoms with Gasteiger partial charge in [0.05, 0.1) is 0 Å². The van der Waals surface area contributed by atoms with E-state index in [1.165, 1.54) is 10.9 Å². The number of benzene rings is 1. The van der Waals surface area contributed by atoms with Crippen LogP contribution in [-0.4, -0.2) is 23.2 Å². The molecule has 0 saturated heterocycles. The third kappa shape index (κ3) is 3.25. The van der Waals surface area contributed by atoms with E-state index in [0.29, 0.717) is 5.92 Å². The SMILES string of the molecule is CC(CCO)CNCc1c[nH]c2cc(Cl)ccc12. The van der Waals surface area contributed by atoms with Gasteiger partial charge in [0.15, 0.2) is 0 Å². The fraction of sp³-hybridized carbons (Fsp3) is 0.429. The van der Waals surface area contributed by atoms with Gasteiger partial charge in [-0.3, -0.25) is 0 Å². The highest BCUT2D eigenvalue weighted by molar-refractivity contribution is 6.31. The maximum Gasteiger partial charge on any atom is 0.0472 e. The Balaban J connectivity index is 1.96. The van der Waals surface area contributed by atoms with Crippen LogP contribution in [0.5, 0.6) is 0 Å². The summed E-state index contributed by atoms with van der Waals surface area (Å²) in [4.78, 5) is 3.23. The second-order valence-electron chi connectivity index (χ2n) is 4.75. The number of rotatable bonds is 6. The molecule has 3 N–H and O–H groups in total. The van der Waals surface area contributed by atoms with Crippen molar-refractivity contribution in [2.75, 3.05) is 13.2 Å². The van der Waals surface area contributed by atoms with Gasteiger partial charge in [-0.2, -0.15) is 0 Å². The van der Waals surface area contributed by atoms with Crippen molar-refractivity contribution < 1.29 is 5.11 Å². The van der Waals surface area contributed by atoms with E-state index in [1.807, 2.05) is 24.4 Å². The van der Waals surface area contributed by atoms with Crippen LogP contribution < -0.4 is 5.32 Å². The number of H-pyrrole nitrogens is 1. The van der Waals surface area contributed by atoms with Crippen LogP contribution >= 0.6 is 11.6 Å². The maximum atomic E-state index is 8.84. The first-order valence-corrected chi connectivity index (χ1v) is 6.65. The van der Waals surface area contributed by atoms with Gasteiger partial charge in [0, 0.05) is 35.3 Å². The Morgan fingerprint density at radius 3 is 3.06 bits per heavy atom. The Labute approximate surface area is 112 Å². The van der Waals surface area contributed by atoms with E-state index in [9.17, 15) is 0 Å². The third-order valence-electron chi connectivity index (χ3n) is 3.16. The minimum Gasteiger partial charge on any atom is -0.396 e. The minimum atomic E-state index is 0.258. The molecule has 1 heterocycles. The van der Waals surface area contributed by atoms with Crippen LogP contribution in [0.4, 0.5) is 0 Å². The zero-order valence-electron chi connectivity index (χ0n) is 10.5. The molecular weight excluding hydrogens is 248 g/mol. The number of fused-ring (bicyclic) bond motifs is 1. The summed E-state index contributed by atoms with van der Waals surface area (Å²) in [5.74, 6) is 0.495. The molecule has 0 aliphatic carbocycles. The van der Waals surface area contributed by atoms with E-state index in [2.05, 4.69) is 17.2 Å². The van der Waals surface area contributed by atoms with Gasteiger partial charge in [-0.1, -0.05) is 24.6 Å². The predicted octanol–water partition coefficient (Wildman–Crippen LogP) is 2.93. The highest BCUT2D eigenvalue weighted by Gasteiger charge is 2.05. The summed E-state index contributed by atoms with van der Waals surface area (Å²) in [5, 5.41) is 14.2. The van der Waals surface area contributed by atoms with Gasteiger partial charge >= 0.3 is 0 Å². The molecule has 2 rings (SSSR count). The number of aliphatic hydroxyl groups excluding tert-OH is 1. The van der Waals surface area contributed by atoms with Crippen LogP contribution in [0.15, 0.2) is 24.4 Å². The number of aromatic amines is 1. The first kappa shape index (κ1) is 13.4. The molecule has 0 aliphatic heterocycles. The lowest BCUT2D eigenvalue weighted by Crippen LogP contribution is -2.21. The third-order valence-corrected chi connectivity index (χ3v) is 3.39.